The third-order valence-corrected chi connectivity index (χ3v) is 5.87. The summed E-state index contributed by atoms with van der Waals surface area (Å²) in [6, 6.07) is 7.21. The average Bonchev–Trinajstić information content (AvgIpc) is 3.09. The molecule has 1 saturated heterocycles. The Morgan fingerprint density at radius 3 is 2.04 bits per heavy atom. The van der Waals surface area contributed by atoms with E-state index in [1.807, 2.05) is 39.8 Å². The maximum atomic E-state index is 12.9. The van der Waals surface area contributed by atoms with Gasteiger partial charge in [0.15, 0.2) is 5.66 Å². The van der Waals surface area contributed by atoms with Crippen molar-refractivity contribution in [2.24, 2.45) is 0 Å². The van der Waals surface area contributed by atoms with Gasteiger partial charge in [0.05, 0.1) is 26.9 Å². The molecule has 0 amide bonds. The Kier molecular flexibility index (Phi) is 4.68. The Hall–Kier alpha value is -2.58. The minimum absolute atomic E-state index is 0.0469. The maximum absolute atomic E-state index is 12.9. The molecule has 8 heteroatoms. The van der Waals surface area contributed by atoms with Crippen LogP contribution in [0.4, 0.5) is 0 Å². The molecule has 1 unspecified atom stereocenters. The lowest BCUT2D eigenvalue weighted by Crippen LogP contribution is -2.53. The third-order valence-electron chi connectivity index (χ3n) is 5.87. The fourth-order valence-corrected chi connectivity index (χ4v) is 3.72. The highest BCUT2D eigenvalue weighted by Crippen LogP contribution is 2.55. The zero-order chi connectivity index (χ0) is 20.9. The standard InChI is InChI=1S/C20H26N2O6/c1-18(2)19(3,4)22-20(21-18,12-8-10-13(25-5)11-9-12)14(16(23)26-6)15(28-22)17(24)27-7/h8-11,21H,1-7H3. The zero-order valence-corrected chi connectivity index (χ0v) is 17.2. The highest BCUT2D eigenvalue weighted by atomic mass is 16.7. The number of nitrogens with one attached hydrogen (secondary N) is 1. The molecule has 0 aliphatic carbocycles. The Bertz CT molecular complexity index is 843. The van der Waals surface area contributed by atoms with Crippen LogP contribution in [0.3, 0.4) is 0 Å². The minimum Gasteiger partial charge on any atom is -0.497 e. The Labute approximate surface area is 164 Å². The maximum Gasteiger partial charge on any atom is 0.376 e. The first-order valence-corrected chi connectivity index (χ1v) is 8.90. The molecule has 0 radical (unpaired) electrons. The van der Waals surface area contributed by atoms with Gasteiger partial charge in [0.25, 0.3) is 0 Å². The molecule has 28 heavy (non-hydrogen) atoms. The summed E-state index contributed by atoms with van der Waals surface area (Å²) in [4.78, 5) is 31.3. The van der Waals surface area contributed by atoms with E-state index in [0.29, 0.717) is 11.3 Å². The van der Waals surface area contributed by atoms with Crippen molar-refractivity contribution in [1.82, 2.24) is 10.4 Å². The first-order valence-electron chi connectivity index (χ1n) is 8.90. The van der Waals surface area contributed by atoms with E-state index in [2.05, 4.69) is 5.32 Å². The summed E-state index contributed by atoms with van der Waals surface area (Å²) in [5, 5.41) is 5.16. The van der Waals surface area contributed by atoms with Gasteiger partial charge in [-0.15, -0.1) is 5.06 Å². The van der Waals surface area contributed by atoms with Crippen LogP contribution in [-0.2, 0) is 29.6 Å². The van der Waals surface area contributed by atoms with Crippen molar-refractivity contribution >= 4 is 11.9 Å². The van der Waals surface area contributed by atoms with Crippen LogP contribution in [-0.4, -0.2) is 49.4 Å². The van der Waals surface area contributed by atoms with Gasteiger partial charge in [0.2, 0.25) is 5.76 Å². The molecule has 1 fully saturated rings. The van der Waals surface area contributed by atoms with Crippen molar-refractivity contribution in [3.63, 3.8) is 0 Å². The molecular formula is C20H26N2O6. The van der Waals surface area contributed by atoms with Crippen molar-refractivity contribution in [1.29, 1.82) is 0 Å². The van der Waals surface area contributed by atoms with Gasteiger partial charge in [-0.05, 0) is 45.4 Å². The number of ether oxygens (including phenoxy) is 3. The first kappa shape index (κ1) is 20.2. The first-order chi connectivity index (χ1) is 13.1. The third kappa shape index (κ3) is 2.51. The summed E-state index contributed by atoms with van der Waals surface area (Å²) in [6.45, 7) is 7.96. The van der Waals surface area contributed by atoms with Gasteiger partial charge in [0.1, 0.15) is 11.3 Å². The number of rotatable bonds is 4. The summed E-state index contributed by atoms with van der Waals surface area (Å²) >= 11 is 0. The van der Waals surface area contributed by atoms with Crippen LogP contribution in [0.15, 0.2) is 35.6 Å². The summed E-state index contributed by atoms with van der Waals surface area (Å²) in [5.74, 6) is -0.960. The van der Waals surface area contributed by atoms with Crippen molar-refractivity contribution in [2.75, 3.05) is 21.3 Å². The Morgan fingerprint density at radius 1 is 0.964 bits per heavy atom. The van der Waals surface area contributed by atoms with Crippen LogP contribution in [0.25, 0.3) is 0 Å². The second-order valence-corrected chi connectivity index (χ2v) is 7.82. The highest BCUT2D eigenvalue weighted by Gasteiger charge is 2.70. The fraction of sp³-hybridized carbons (Fsp3) is 0.500. The second kappa shape index (κ2) is 6.49. The van der Waals surface area contributed by atoms with Gasteiger partial charge >= 0.3 is 11.9 Å². The van der Waals surface area contributed by atoms with Crippen molar-refractivity contribution in [3.8, 4) is 5.75 Å². The normalized spacial score (nSPS) is 25.1. The Balaban J connectivity index is 2.33. The topological polar surface area (TPSA) is 86.3 Å². The molecule has 1 N–H and O–H groups in total. The molecule has 152 valence electrons. The smallest absolute Gasteiger partial charge is 0.376 e. The van der Waals surface area contributed by atoms with Crippen LogP contribution in [0.5, 0.6) is 5.75 Å². The average molecular weight is 390 g/mol. The molecule has 1 aromatic rings. The molecular weight excluding hydrogens is 364 g/mol. The number of hydroxylamine groups is 2. The lowest BCUT2D eigenvalue weighted by atomic mass is 9.84. The summed E-state index contributed by atoms with van der Waals surface area (Å²) < 4.78 is 15.1. The van der Waals surface area contributed by atoms with Crippen LogP contribution < -0.4 is 10.1 Å². The van der Waals surface area contributed by atoms with Crippen LogP contribution in [0, 0.1) is 0 Å². The number of methoxy groups -OCH3 is 3. The molecule has 8 nitrogen and oxygen atoms in total. The lowest BCUT2D eigenvalue weighted by molar-refractivity contribution is -0.203. The second-order valence-electron chi connectivity index (χ2n) is 7.82. The van der Waals surface area contributed by atoms with E-state index >= 15 is 0 Å². The number of benzene rings is 1. The predicted molar refractivity (Wildman–Crippen MR) is 99.9 cm³/mol. The predicted octanol–water partition coefficient (Wildman–Crippen LogP) is 1.86. The fourth-order valence-electron chi connectivity index (χ4n) is 3.72. The van der Waals surface area contributed by atoms with E-state index in [-0.39, 0.29) is 11.3 Å². The SMILES string of the molecule is COC(=O)C1=C(C(=O)OC)C2(c3ccc(OC)cc3)NC(C)(C)C(C)(C)N2O1. The van der Waals surface area contributed by atoms with Crippen molar-refractivity contribution < 1.29 is 28.6 Å². The number of esters is 2. The van der Waals surface area contributed by atoms with Crippen LogP contribution in [0.2, 0.25) is 0 Å². The van der Waals surface area contributed by atoms with Gasteiger partial charge in [-0.25, -0.2) is 9.59 Å². The van der Waals surface area contributed by atoms with E-state index in [1.165, 1.54) is 14.2 Å². The molecule has 2 aliphatic rings. The van der Waals surface area contributed by atoms with E-state index < -0.39 is 28.7 Å². The van der Waals surface area contributed by atoms with Crippen LogP contribution in [0.1, 0.15) is 33.3 Å². The quantitative estimate of drug-likeness (QED) is 0.780. The molecule has 3 rings (SSSR count). The van der Waals surface area contributed by atoms with Gasteiger partial charge in [-0.2, -0.15) is 0 Å². The molecule has 1 aromatic carbocycles. The summed E-state index contributed by atoms with van der Waals surface area (Å²) in [7, 11) is 4.08. The Morgan fingerprint density at radius 2 is 1.54 bits per heavy atom. The molecule has 2 heterocycles. The molecule has 0 aromatic heterocycles. The number of fused-ring (bicyclic) bond motifs is 1. The lowest BCUT2D eigenvalue weighted by Gasteiger charge is -2.38. The number of nitrogens with zero attached hydrogens (tertiary/aromatic N) is 1. The number of hydrogen-bond donors (Lipinski definition) is 1. The number of carbonyl (C=O) groups excluding carboxylic acids is 2. The van der Waals surface area contributed by atoms with E-state index in [9.17, 15) is 9.59 Å². The number of carbonyl (C=O) groups is 2. The van der Waals surface area contributed by atoms with Crippen LogP contribution >= 0.6 is 0 Å². The molecule has 0 bridgehead atoms. The molecule has 1 atom stereocenters. The van der Waals surface area contributed by atoms with Gasteiger partial charge < -0.3 is 19.0 Å². The van der Waals surface area contributed by atoms with Gasteiger partial charge in [-0.3, -0.25) is 5.32 Å². The van der Waals surface area contributed by atoms with E-state index in [1.54, 1.807) is 24.3 Å². The van der Waals surface area contributed by atoms with Crippen molar-refractivity contribution in [2.45, 2.75) is 44.4 Å². The molecule has 0 spiro atoms. The van der Waals surface area contributed by atoms with Gasteiger partial charge in [-0.1, -0.05) is 12.1 Å². The number of hydrogen-bond acceptors (Lipinski definition) is 8. The highest BCUT2D eigenvalue weighted by molar-refractivity contribution is 6.01. The summed E-state index contributed by atoms with van der Waals surface area (Å²) in [5.41, 5.74) is -1.59. The van der Waals surface area contributed by atoms with E-state index in [4.69, 9.17) is 19.0 Å². The minimum atomic E-state index is -1.24. The van der Waals surface area contributed by atoms with Crippen molar-refractivity contribution in [3.05, 3.63) is 41.2 Å². The van der Waals surface area contributed by atoms with Gasteiger partial charge in [0, 0.05) is 5.54 Å². The zero-order valence-electron chi connectivity index (χ0n) is 17.2. The largest absolute Gasteiger partial charge is 0.497 e. The molecule has 0 saturated carbocycles. The summed E-state index contributed by atoms with van der Waals surface area (Å²) in [6.07, 6.45) is 0. The molecule has 2 aliphatic heterocycles. The monoisotopic (exact) mass is 390 g/mol. The van der Waals surface area contributed by atoms with E-state index in [0.717, 1.165) is 0 Å².